The van der Waals surface area contributed by atoms with Gasteiger partial charge in [0.2, 0.25) is 0 Å². The third kappa shape index (κ3) is 1.65. The second kappa shape index (κ2) is 4.22. The van der Waals surface area contributed by atoms with Gasteiger partial charge in [-0.05, 0) is 49.9 Å². The molecule has 3 fully saturated rings. The predicted octanol–water partition coefficient (Wildman–Crippen LogP) is 3.59. The smallest absolute Gasteiger partial charge is 0.144 e. The van der Waals surface area contributed by atoms with Crippen molar-refractivity contribution in [2.45, 2.75) is 31.1 Å². The van der Waals surface area contributed by atoms with E-state index >= 15 is 0 Å². The number of Topliss-reactive ketones (excluding diaryl/α,β-unsaturated/α-hetero) is 1. The highest BCUT2D eigenvalue weighted by molar-refractivity contribution is 6.42. The van der Waals surface area contributed by atoms with E-state index in [1.165, 1.54) is 5.56 Å². The fourth-order valence-corrected chi connectivity index (χ4v) is 4.39. The topological polar surface area (TPSA) is 29.1 Å². The van der Waals surface area contributed by atoms with Crippen molar-refractivity contribution < 1.29 is 4.79 Å². The van der Waals surface area contributed by atoms with Gasteiger partial charge in [0.25, 0.3) is 0 Å². The molecule has 2 atom stereocenters. The summed E-state index contributed by atoms with van der Waals surface area (Å²) in [5.41, 5.74) is 1.03. The van der Waals surface area contributed by atoms with E-state index in [1.807, 2.05) is 12.1 Å². The van der Waals surface area contributed by atoms with E-state index in [0.29, 0.717) is 21.7 Å². The highest BCUT2D eigenvalue weighted by atomic mass is 35.5. The van der Waals surface area contributed by atoms with Gasteiger partial charge in [0.05, 0.1) is 15.5 Å². The first kappa shape index (κ1) is 13.1. The molecule has 0 unspecified atom stereocenters. The zero-order chi connectivity index (χ0) is 14.0. The Bertz CT molecular complexity index is 598. The van der Waals surface area contributed by atoms with Gasteiger partial charge in [-0.1, -0.05) is 29.3 Å². The second-order valence-corrected chi connectivity index (χ2v) is 7.35. The van der Waals surface area contributed by atoms with Crippen LogP contribution in [-0.4, -0.2) is 18.9 Å². The molecular weight excluding hydrogens is 293 g/mol. The zero-order valence-electron chi connectivity index (χ0n) is 11.2. The highest BCUT2D eigenvalue weighted by Crippen LogP contribution is 2.70. The molecular formula is C16H17Cl2NO. The molecule has 2 saturated carbocycles. The normalized spacial score (nSPS) is 35.5. The Balaban J connectivity index is 1.75. The third-order valence-corrected chi connectivity index (χ3v) is 6.18. The van der Waals surface area contributed by atoms with Crippen LogP contribution in [0, 0.1) is 11.3 Å². The summed E-state index contributed by atoms with van der Waals surface area (Å²) in [6.45, 7) is 1.79. The van der Waals surface area contributed by atoms with Gasteiger partial charge >= 0.3 is 0 Å². The third-order valence-electron chi connectivity index (χ3n) is 5.44. The molecule has 4 rings (SSSR count). The van der Waals surface area contributed by atoms with Crippen molar-refractivity contribution in [3.63, 3.8) is 0 Å². The maximum atomic E-state index is 12.8. The molecule has 2 aliphatic carbocycles. The number of carbonyl (C=O) groups is 1. The molecule has 1 aromatic rings. The van der Waals surface area contributed by atoms with Gasteiger partial charge in [-0.25, -0.2) is 0 Å². The van der Waals surface area contributed by atoms with Crippen LogP contribution in [0.2, 0.25) is 10.0 Å². The molecule has 2 nitrogen and oxygen atoms in total. The van der Waals surface area contributed by atoms with E-state index in [0.717, 1.165) is 38.8 Å². The van der Waals surface area contributed by atoms with Crippen LogP contribution in [0.3, 0.4) is 0 Å². The second-order valence-electron chi connectivity index (χ2n) is 6.54. The molecule has 0 aromatic heterocycles. The first-order chi connectivity index (χ1) is 9.59. The van der Waals surface area contributed by atoms with Crippen LogP contribution in [0.25, 0.3) is 0 Å². The molecule has 3 aliphatic rings. The minimum absolute atomic E-state index is 0.00610. The molecule has 0 spiro atoms. The average Bonchev–Trinajstić information content (AvgIpc) is 3.34. The quantitative estimate of drug-likeness (QED) is 0.924. The number of benzene rings is 1. The lowest BCUT2D eigenvalue weighted by molar-refractivity contribution is -0.126. The van der Waals surface area contributed by atoms with E-state index in [1.54, 1.807) is 0 Å². The first-order valence-corrected chi connectivity index (χ1v) is 8.05. The monoisotopic (exact) mass is 309 g/mol. The van der Waals surface area contributed by atoms with Gasteiger partial charge in [-0.15, -0.1) is 0 Å². The van der Waals surface area contributed by atoms with Crippen molar-refractivity contribution in [1.29, 1.82) is 0 Å². The van der Waals surface area contributed by atoms with E-state index in [-0.39, 0.29) is 10.8 Å². The van der Waals surface area contributed by atoms with Crippen LogP contribution in [0.1, 0.15) is 31.2 Å². The van der Waals surface area contributed by atoms with Crippen molar-refractivity contribution in [2.24, 2.45) is 11.3 Å². The lowest BCUT2D eigenvalue weighted by Crippen LogP contribution is -2.43. The Morgan fingerprint density at radius 3 is 2.75 bits per heavy atom. The molecule has 0 bridgehead atoms. The van der Waals surface area contributed by atoms with Gasteiger partial charge in [0.15, 0.2) is 0 Å². The van der Waals surface area contributed by atoms with E-state index in [4.69, 9.17) is 23.2 Å². The largest absolute Gasteiger partial charge is 0.316 e. The summed E-state index contributed by atoms with van der Waals surface area (Å²) in [6, 6.07) is 5.89. The lowest BCUT2D eigenvalue weighted by atomic mass is 9.78. The Morgan fingerprint density at radius 2 is 2.05 bits per heavy atom. The van der Waals surface area contributed by atoms with Crippen molar-refractivity contribution in [3.05, 3.63) is 33.8 Å². The number of carbonyl (C=O) groups excluding carboxylic acids is 1. The molecule has 4 heteroatoms. The predicted molar refractivity (Wildman–Crippen MR) is 80.4 cm³/mol. The number of nitrogens with one attached hydrogen (secondary N) is 1. The molecule has 1 N–H and O–H groups in total. The van der Waals surface area contributed by atoms with E-state index < -0.39 is 0 Å². The summed E-state index contributed by atoms with van der Waals surface area (Å²) >= 11 is 12.2. The average molecular weight is 310 g/mol. The van der Waals surface area contributed by atoms with E-state index in [2.05, 4.69) is 11.4 Å². The number of rotatable bonds is 3. The summed E-state index contributed by atoms with van der Waals surface area (Å²) in [7, 11) is 0. The molecule has 1 aromatic carbocycles. The van der Waals surface area contributed by atoms with Crippen LogP contribution in [0.15, 0.2) is 18.2 Å². The summed E-state index contributed by atoms with van der Waals surface area (Å²) < 4.78 is 0. The van der Waals surface area contributed by atoms with Crippen LogP contribution in [-0.2, 0) is 10.2 Å². The molecule has 0 amide bonds. The Hall–Kier alpha value is -0.570. The number of hydrogen-bond acceptors (Lipinski definition) is 2. The standard InChI is InChI=1S/C16H17Cl2NO/c17-12-4-3-11(7-13(12)18)15-5-6-19-9-16(15,8-15)14(20)10-1-2-10/h3-4,7,10,19H,1-2,5-6,8-9H2/t15-,16-/m1/s1. The molecule has 1 aliphatic heterocycles. The van der Waals surface area contributed by atoms with Gasteiger partial charge in [0.1, 0.15) is 5.78 Å². The number of halogens is 2. The zero-order valence-corrected chi connectivity index (χ0v) is 12.7. The molecule has 1 saturated heterocycles. The molecule has 1 heterocycles. The van der Waals surface area contributed by atoms with Crippen molar-refractivity contribution in [2.75, 3.05) is 13.1 Å². The number of ketones is 1. The maximum Gasteiger partial charge on any atom is 0.144 e. The Morgan fingerprint density at radius 1 is 1.25 bits per heavy atom. The van der Waals surface area contributed by atoms with Gasteiger partial charge in [-0.2, -0.15) is 0 Å². The molecule has 0 radical (unpaired) electrons. The van der Waals surface area contributed by atoms with Crippen molar-refractivity contribution in [3.8, 4) is 0 Å². The van der Waals surface area contributed by atoms with Crippen LogP contribution >= 0.6 is 23.2 Å². The summed E-state index contributed by atoms with van der Waals surface area (Å²) in [6.07, 6.45) is 4.15. The fourth-order valence-electron chi connectivity index (χ4n) is 4.10. The minimum Gasteiger partial charge on any atom is -0.316 e. The highest BCUT2D eigenvalue weighted by Gasteiger charge is 2.73. The van der Waals surface area contributed by atoms with Crippen LogP contribution in [0.5, 0.6) is 0 Å². The summed E-state index contributed by atoms with van der Waals surface area (Å²) in [5, 5.41) is 4.60. The van der Waals surface area contributed by atoms with Gasteiger partial charge in [0, 0.05) is 17.9 Å². The summed E-state index contributed by atoms with van der Waals surface area (Å²) in [5.74, 6) is 0.801. The number of fused-ring (bicyclic) bond motifs is 1. The van der Waals surface area contributed by atoms with Crippen LogP contribution in [0.4, 0.5) is 0 Å². The number of piperidine rings is 1. The fraction of sp³-hybridized carbons (Fsp3) is 0.562. The first-order valence-electron chi connectivity index (χ1n) is 7.30. The SMILES string of the molecule is O=C(C1CC1)[C@@]12CNCC[C@]1(c1ccc(Cl)c(Cl)c1)C2. The van der Waals surface area contributed by atoms with Gasteiger partial charge in [-0.3, -0.25) is 4.79 Å². The van der Waals surface area contributed by atoms with Crippen molar-refractivity contribution in [1.82, 2.24) is 5.32 Å². The van der Waals surface area contributed by atoms with Gasteiger partial charge < -0.3 is 5.32 Å². The minimum atomic E-state index is -0.177. The summed E-state index contributed by atoms with van der Waals surface area (Å²) in [4.78, 5) is 12.8. The number of hydrogen-bond donors (Lipinski definition) is 1. The Kier molecular flexibility index (Phi) is 2.77. The maximum absolute atomic E-state index is 12.8. The lowest BCUT2D eigenvalue weighted by Gasteiger charge is -2.31. The molecule has 20 heavy (non-hydrogen) atoms. The van der Waals surface area contributed by atoms with E-state index in [9.17, 15) is 4.79 Å². The van der Waals surface area contributed by atoms with Crippen molar-refractivity contribution >= 4 is 29.0 Å². The van der Waals surface area contributed by atoms with Crippen LogP contribution < -0.4 is 5.32 Å². The Labute approximate surface area is 128 Å². The molecule has 106 valence electrons.